The molecule has 2 aliphatic heterocycles. The molecule has 1 aromatic carbocycles. The van der Waals surface area contributed by atoms with Crippen molar-refractivity contribution in [2.75, 3.05) is 57.0 Å². The fraction of sp³-hybridized carbons (Fsp3) is 0.467. The summed E-state index contributed by atoms with van der Waals surface area (Å²) in [6.45, 7) is 13.5. The van der Waals surface area contributed by atoms with Crippen molar-refractivity contribution in [1.29, 1.82) is 0 Å². The molecule has 1 fully saturated rings. The van der Waals surface area contributed by atoms with E-state index in [0.29, 0.717) is 20.7 Å². The number of nitrogens with zero attached hydrogens (tertiary/aromatic N) is 7. The topological polar surface area (TPSA) is 92.1 Å². The molecule has 5 heterocycles. The third-order valence-electron chi connectivity index (χ3n) is 8.24. The van der Waals surface area contributed by atoms with Crippen molar-refractivity contribution in [2.24, 2.45) is 0 Å². The molecule has 13 heteroatoms. The van der Waals surface area contributed by atoms with Gasteiger partial charge in [0.25, 0.3) is 0 Å². The molecule has 2 aliphatic rings. The van der Waals surface area contributed by atoms with Gasteiger partial charge in [-0.1, -0.05) is 6.07 Å². The Kier molecular flexibility index (Phi) is 8.33. The lowest BCUT2D eigenvalue weighted by Crippen LogP contribution is -2.42. The summed E-state index contributed by atoms with van der Waals surface area (Å²) in [5, 5.41) is 3.11. The molecule has 6 rings (SSSR count). The Hall–Kier alpha value is -2.54. The molecular weight excluding hydrogens is 684 g/mol. The number of hydrogen-bond donors (Lipinski definition) is 1. The lowest BCUT2D eigenvalue weighted by atomic mass is 10.1. The molecule has 0 radical (unpaired) electrons. The fourth-order valence-corrected chi connectivity index (χ4v) is 8.66. The highest BCUT2D eigenvalue weighted by Gasteiger charge is 2.26. The maximum atomic E-state index is 15.2. The standard InChI is InChI=1S/C30H36F2IN8OP/c1-30(2,3)41-24-16-20(15-21(31)27(24)37-28(41)33)26-22(32)17-34-29(38-26)36-25-6-5-19-18-40(8-7-23(19)35-25)10-9-39-11-13-43(4,42)14-12-39/h5-6,15-17H,7-14,18H2,1-4H3,(H,34,35,36,38). The van der Waals surface area contributed by atoms with Crippen molar-refractivity contribution in [3.63, 3.8) is 0 Å². The highest BCUT2D eigenvalue weighted by Crippen LogP contribution is 2.42. The minimum atomic E-state index is -1.91. The van der Waals surface area contributed by atoms with Crippen LogP contribution in [0.15, 0.2) is 30.5 Å². The maximum absolute atomic E-state index is 15.2. The van der Waals surface area contributed by atoms with Gasteiger partial charge in [0.1, 0.15) is 17.0 Å². The molecule has 0 aliphatic carbocycles. The number of rotatable bonds is 6. The molecule has 0 saturated carbocycles. The van der Waals surface area contributed by atoms with Gasteiger partial charge in [0.05, 0.1) is 18.9 Å². The van der Waals surface area contributed by atoms with Crippen molar-refractivity contribution in [1.82, 2.24) is 34.3 Å². The lowest BCUT2D eigenvalue weighted by molar-refractivity contribution is 0.199. The summed E-state index contributed by atoms with van der Waals surface area (Å²) >= 11 is 2.09. The second kappa shape index (κ2) is 11.8. The second-order valence-electron chi connectivity index (χ2n) is 12.6. The van der Waals surface area contributed by atoms with Crippen molar-refractivity contribution in [2.45, 2.75) is 39.3 Å². The Labute approximate surface area is 264 Å². The van der Waals surface area contributed by atoms with Crippen molar-refractivity contribution in [3.8, 4) is 11.3 Å². The van der Waals surface area contributed by atoms with Crippen LogP contribution >= 0.6 is 29.7 Å². The van der Waals surface area contributed by atoms with Crippen LogP contribution in [0.2, 0.25) is 0 Å². The van der Waals surface area contributed by atoms with Crippen molar-refractivity contribution >= 4 is 52.5 Å². The quantitative estimate of drug-likeness (QED) is 0.194. The minimum absolute atomic E-state index is 0.000900. The van der Waals surface area contributed by atoms with Crippen LogP contribution in [-0.2, 0) is 23.1 Å². The first kappa shape index (κ1) is 30.5. The molecule has 228 valence electrons. The first-order valence-electron chi connectivity index (χ1n) is 14.5. The van der Waals surface area contributed by atoms with Crippen LogP contribution < -0.4 is 5.32 Å². The Morgan fingerprint density at radius 2 is 1.74 bits per heavy atom. The van der Waals surface area contributed by atoms with E-state index in [1.54, 1.807) is 6.07 Å². The number of pyridine rings is 1. The highest BCUT2D eigenvalue weighted by atomic mass is 127. The molecule has 0 bridgehead atoms. The maximum Gasteiger partial charge on any atom is 0.229 e. The molecular formula is C30H36F2IN8OP. The number of halogens is 3. The lowest BCUT2D eigenvalue weighted by Gasteiger charge is -2.34. The van der Waals surface area contributed by atoms with E-state index in [9.17, 15) is 4.57 Å². The molecule has 4 aromatic rings. The van der Waals surface area contributed by atoms with Gasteiger partial charge in [-0.3, -0.25) is 4.90 Å². The van der Waals surface area contributed by atoms with Gasteiger partial charge in [-0.05, 0) is 73.8 Å². The Morgan fingerprint density at radius 1 is 1.00 bits per heavy atom. The molecule has 0 amide bonds. The summed E-state index contributed by atoms with van der Waals surface area (Å²) < 4.78 is 45.0. The van der Waals surface area contributed by atoms with Gasteiger partial charge < -0.3 is 19.3 Å². The number of benzene rings is 1. The average Bonchev–Trinajstić information content (AvgIpc) is 3.30. The number of aromatic nitrogens is 5. The van der Waals surface area contributed by atoms with Crippen LogP contribution in [0.1, 0.15) is 32.0 Å². The molecule has 1 N–H and O–H groups in total. The van der Waals surface area contributed by atoms with E-state index in [1.807, 2.05) is 38.1 Å². The van der Waals surface area contributed by atoms with Gasteiger partial charge in [0.2, 0.25) is 5.95 Å². The first-order chi connectivity index (χ1) is 20.4. The van der Waals surface area contributed by atoms with Crippen LogP contribution in [0.3, 0.4) is 0 Å². The van der Waals surface area contributed by atoms with E-state index in [2.05, 4.69) is 58.7 Å². The highest BCUT2D eigenvalue weighted by molar-refractivity contribution is 14.1. The Morgan fingerprint density at radius 3 is 2.49 bits per heavy atom. The number of anilines is 2. The number of imidazole rings is 1. The predicted molar refractivity (Wildman–Crippen MR) is 175 cm³/mol. The third kappa shape index (κ3) is 6.62. The minimum Gasteiger partial charge on any atom is -0.324 e. The fourth-order valence-electron chi connectivity index (χ4n) is 5.80. The largest absolute Gasteiger partial charge is 0.324 e. The summed E-state index contributed by atoms with van der Waals surface area (Å²) in [6, 6.07) is 6.94. The zero-order chi connectivity index (χ0) is 30.5. The van der Waals surface area contributed by atoms with Crippen molar-refractivity contribution in [3.05, 3.63) is 57.2 Å². The first-order valence-corrected chi connectivity index (χ1v) is 18.1. The SMILES string of the molecule is CC(C)(C)n1c(I)nc2c(F)cc(-c3nc(Nc4ccc5c(n4)CCN(CCN4CCP(C)(=O)CC4)C5)ncc3F)cc21. The van der Waals surface area contributed by atoms with Crippen LogP contribution in [0, 0.1) is 15.5 Å². The summed E-state index contributed by atoms with van der Waals surface area (Å²) in [5.74, 6) is -0.426. The summed E-state index contributed by atoms with van der Waals surface area (Å²) in [6.07, 6.45) is 3.56. The van der Waals surface area contributed by atoms with E-state index in [-0.39, 0.29) is 22.7 Å². The smallest absolute Gasteiger partial charge is 0.229 e. The molecule has 9 nitrogen and oxygen atoms in total. The van der Waals surface area contributed by atoms with E-state index in [1.165, 1.54) is 11.6 Å². The van der Waals surface area contributed by atoms with Gasteiger partial charge in [0.15, 0.2) is 15.5 Å². The van der Waals surface area contributed by atoms with E-state index >= 15 is 8.78 Å². The van der Waals surface area contributed by atoms with Gasteiger partial charge in [-0.15, -0.1) is 0 Å². The number of hydrogen-bond acceptors (Lipinski definition) is 8. The third-order valence-corrected chi connectivity index (χ3v) is 11.3. The number of fused-ring (bicyclic) bond motifs is 2. The van der Waals surface area contributed by atoms with Crippen LogP contribution in [0.4, 0.5) is 20.5 Å². The van der Waals surface area contributed by atoms with E-state index in [0.717, 1.165) is 69.9 Å². The van der Waals surface area contributed by atoms with Crippen LogP contribution in [-0.4, -0.2) is 86.0 Å². The zero-order valence-corrected chi connectivity index (χ0v) is 27.9. The second-order valence-corrected chi connectivity index (χ2v) is 17.1. The Balaban J connectivity index is 1.17. The van der Waals surface area contributed by atoms with Crippen LogP contribution in [0.5, 0.6) is 0 Å². The summed E-state index contributed by atoms with van der Waals surface area (Å²) in [4.78, 5) is 22.6. The zero-order valence-electron chi connectivity index (χ0n) is 24.9. The summed E-state index contributed by atoms with van der Waals surface area (Å²) in [5.41, 5.74) is 2.98. The predicted octanol–water partition coefficient (Wildman–Crippen LogP) is 5.94. The molecule has 0 spiro atoms. The van der Waals surface area contributed by atoms with E-state index in [4.69, 9.17) is 4.98 Å². The van der Waals surface area contributed by atoms with Crippen LogP contribution in [0.25, 0.3) is 22.3 Å². The van der Waals surface area contributed by atoms with Gasteiger partial charge in [-0.2, -0.15) is 0 Å². The molecule has 3 aromatic heterocycles. The van der Waals surface area contributed by atoms with Crippen molar-refractivity contribution < 1.29 is 13.3 Å². The van der Waals surface area contributed by atoms with E-state index < -0.39 is 18.8 Å². The molecule has 0 atom stereocenters. The molecule has 0 unspecified atom stereocenters. The summed E-state index contributed by atoms with van der Waals surface area (Å²) in [7, 11) is -1.91. The van der Waals surface area contributed by atoms with Gasteiger partial charge in [-0.25, -0.2) is 28.7 Å². The van der Waals surface area contributed by atoms with Gasteiger partial charge >= 0.3 is 0 Å². The molecule has 1 saturated heterocycles. The normalized spacial score (nSPS) is 17.7. The van der Waals surface area contributed by atoms with Gasteiger partial charge in [0, 0.05) is 74.8 Å². The monoisotopic (exact) mass is 720 g/mol. The Bertz CT molecular complexity index is 1730. The molecule has 43 heavy (non-hydrogen) atoms. The average molecular weight is 721 g/mol. The number of nitrogens with one attached hydrogen (secondary N) is 1.